The maximum Gasteiger partial charge on any atom is 0.0574 e. The average Bonchev–Trinajstić information content (AvgIpc) is 2.17. The van der Waals surface area contributed by atoms with Crippen molar-refractivity contribution in [2.45, 2.75) is 13.0 Å². The molecule has 0 spiro atoms. The third-order valence-electron chi connectivity index (χ3n) is 2.01. The van der Waals surface area contributed by atoms with E-state index in [0.29, 0.717) is 6.54 Å². The van der Waals surface area contributed by atoms with E-state index < -0.39 is 0 Å². The maximum atomic E-state index is 5.91. The summed E-state index contributed by atoms with van der Waals surface area (Å²) in [6.07, 6.45) is 1.75. The fraction of sp³-hybridized carbons (Fsp3) is 0.444. The van der Waals surface area contributed by atoms with Gasteiger partial charge in [-0.3, -0.25) is 4.98 Å². The van der Waals surface area contributed by atoms with Gasteiger partial charge in [-0.25, -0.2) is 0 Å². The molecule has 4 N–H and O–H groups in total. The van der Waals surface area contributed by atoms with Gasteiger partial charge < -0.3 is 11.5 Å². The third-order valence-corrected chi connectivity index (χ3v) is 2.01. The van der Waals surface area contributed by atoms with Crippen LogP contribution in [-0.4, -0.2) is 11.5 Å². The maximum absolute atomic E-state index is 5.91. The molecule has 0 saturated heterocycles. The molecule has 0 amide bonds. The zero-order valence-electron chi connectivity index (χ0n) is 7.27. The van der Waals surface area contributed by atoms with Gasteiger partial charge in [-0.1, -0.05) is 13.0 Å². The first kappa shape index (κ1) is 9.16. The van der Waals surface area contributed by atoms with Gasteiger partial charge in [0.1, 0.15) is 0 Å². The molecule has 0 radical (unpaired) electrons. The highest BCUT2D eigenvalue weighted by Crippen LogP contribution is 2.14. The Morgan fingerprint density at radius 1 is 1.50 bits per heavy atom. The van der Waals surface area contributed by atoms with E-state index in [1.807, 2.05) is 25.1 Å². The Balaban J connectivity index is 2.71. The van der Waals surface area contributed by atoms with Crippen molar-refractivity contribution >= 4 is 0 Å². The molecule has 2 unspecified atom stereocenters. The molecule has 0 aliphatic carbocycles. The van der Waals surface area contributed by atoms with Gasteiger partial charge in [0.15, 0.2) is 0 Å². The Labute approximate surface area is 72.8 Å². The van der Waals surface area contributed by atoms with E-state index in [4.69, 9.17) is 11.5 Å². The molecule has 0 aliphatic rings. The van der Waals surface area contributed by atoms with Crippen LogP contribution in [0.15, 0.2) is 24.4 Å². The molecule has 0 aromatic carbocycles. The second kappa shape index (κ2) is 4.18. The molecule has 3 nitrogen and oxygen atoms in total. The van der Waals surface area contributed by atoms with Crippen LogP contribution in [0.4, 0.5) is 0 Å². The van der Waals surface area contributed by atoms with Gasteiger partial charge in [0.2, 0.25) is 0 Å². The minimum Gasteiger partial charge on any atom is -0.330 e. The molecule has 1 rings (SSSR count). The van der Waals surface area contributed by atoms with Crippen LogP contribution in [0, 0.1) is 5.92 Å². The van der Waals surface area contributed by atoms with Crippen molar-refractivity contribution in [3.8, 4) is 0 Å². The minimum absolute atomic E-state index is 0.0452. The van der Waals surface area contributed by atoms with Crippen molar-refractivity contribution in [3.63, 3.8) is 0 Å². The molecule has 2 atom stereocenters. The molecular weight excluding hydrogens is 150 g/mol. The first-order valence-electron chi connectivity index (χ1n) is 4.12. The summed E-state index contributed by atoms with van der Waals surface area (Å²) in [5.74, 6) is 0.278. The van der Waals surface area contributed by atoms with Crippen molar-refractivity contribution in [1.29, 1.82) is 0 Å². The van der Waals surface area contributed by atoms with Gasteiger partial charge in [0, 0.05) is 6.20 Å². The Morgan fingerprint density at radius 2 is 2.25 bits per heavy atom. The lowest BCUT2D eigenvalue weighted by atomic mass is 10.00. The fourth-order valence-electron chi connectivity index (χ4n) is 1.01. The summed E-state index contributed by atoms with van der Waals surface area (Å²) in [5, 5.41) is 0. The molecule has 66 valence electrons. The fourth-order valence-corrected chi connectivity index (χ4v) is 1.01. The molecule has 12 heavy (non-hydrogen) atoms. The Hall–Kier alpha value is -0.930. The zero-order valence-corrected chi connectivity index (χ0v) is 7.27. The van der Waals surface area contributed by atoms with E-state index >= 15 is 0 Å². The van der Waals surface area contributed by atoms with Crippen LogP contribution in [-0.2, 0) is 0 Å². The van der Waals surface area contributed by atoms with E-state index in [1.54, 1.807) is 6.20 Å². The van der Waals surface area contributed by atoms with Crippen LogP contribution in [0.1, 0.15) is 18.7 Å². The predicted octanol–water partition coefficient (Wildman–Crippen LogP) is 0.676. The molecule has 1 heterocycles. The van der Waals surface area contributed by atoms with Crippen LogP contribution in [0.2, 0.25) is 0 Å². The number of nitrogens with zero attached hydrogens (tertiary/aromatic N) is 1. The summed E-state index contributed by atoms with van der Waals surface area (Å²) in [5.41, 5.74) is 12.3. The molecule has 0 fully saturated rings. The molecule has 3 heteroatoms. The Kier molecular flexibility index (Phi) is 3.19. The zero-order chi connectivity index (χ0) is 8.97. The summed E-state index contributed by atoms with van der Waals surface area (Å²) in [6, 6.07) is 5.70. The van der Waals surface area contributed by atoms with Crippen molar-refractivity contribution in [1.82, 2.24) is 4.98 Å². The first-order chi connectivity index (χ1) is 5.75. The Bertz CT molecular complexity index is 222. The van der Waals surface area contributed by atoms with Gasteiger partial charge in [0.05, 0.1) is 11.7 Å². The summed E-state index contributed by atoms with van der Waals surface area (Å²) >= 11 is 0. The van der Waals surface area contributed by atoms with E-state index in [2.05, 4.69) is 4.98 Å². The van der Waals surface area contributed by atoms with Crippen LogP contribution in [0.3, 0.4) is 0 Å². The van der Waals surface area contributed by atoms with E-state index in [0.717, 1.165) is 5.69 Å². The number of rotatable bonds is 3. The lowest BCUT2D eigenvalue weighted by molar-refractivity contribution is 0.472. The summed E-state index contributed by atoms with van der Waals surface area (Å²) in [6.45, 7) is 2.62. The van der Waals surface area contributed by atoms with Crippen molar-refractivity contribution in [2.24, 2.45) is 17.4 Å². The second-order valence-electron chi connectivity index (χ2n) is 2.99. The normalized spacial score (nSPS) is 15.6. The molecule has 0 aliphatic heterocycles. The minimum atomic E-state index is -0.0452. The van der Waals surface area contributed by atoms with Crippen molar-refractivity contribution in [2.75, 3.05) is 6.54 Å². The standard InChI is InChI=1S/C9H15N3/c1-7(6-10)9(11)8-4-2-3-5-12-8/h2-5,7,9H,6,10-11H2,1H3. The summed E-state index contributed by atoms with van der Waals surface area (Å²) in [4.78, 5) is 4.17. The first-order valence-corrected chi connectivity index (χ1v) is 4.12. The molecule has 1 aromatic rings. The quantitative estimate of drug-likeness (QED) is 0.692. The number of hydrogen-bond donors (Lipinski definition) is 2. The van der Waals surface area contributed by atoms with Crippen LogP contribution in [0.25, 0.3) is 0 Å². The number of aromatic nitrogens is 1. The average molecular weight is 165 g/mol. The lowest BCUT2D eigenvalue weighted by Gasteiger charge is -2.16. The number of hydrogen-bond acceptors (Lipinski definition) is 3. The topological polar surface area (TPSA) is 64.9 Å². The second-order valence-corrected chi connectivity index (χ2v) is 2.99. The highest BCUT2D eigenvalue weighted by atomic mass is 14.8. The molecular formula is C9H15N3. The van der Waals surface area contributed by atoms with Gasteiger partial charge in [0.25, 0.3) is 0 Å². The van der Waals surface area contributed by atoms with Crippen LogP contribution in [0.5, 0.6) is 0 Å². The highest BCUT2D eigenvalue weighted by Gasteiger charge is 2.13. The molecule has 1 aromatic heterocycles. The van der Waals surface area contributed by atoms with Crippen LogP contribution >= 0.6 is 0 Å². The number of nitrogens with two attached hydrogens (primary N) is 2. The van der Waals surface area contributed by atoms with Crippen molar-refractivity contribution < 1.29 is 0 Å². The van der Waals surface area contributed by atoms with Crippen LogP contribution < -0.4 is 11.5 Å². The van der Waals surface area contributed by atoms with E-state index in [1.165, 1.54) is 0 Å². The molecule has 0 saturated carbocycles. The SMILES string of the molecule is CC(CN)C(N)c1ccccn1. The lowest BCUT2D eigenvalue weighted by Crippen LogP contribution is -2.26. The van der Waals surface area contributed by atoms with Gasteiger partial charge in [-0.15, -0.1) is 0 Å². The van der Waals surface area contributed by atoms with Gasteiger partial charge >= 0.3 is 0 Å². The smallest absolute Gasteiger partial charge is 0.0574 e. The monoisotopic (exact) mass is 165 g/mol. The highest BCUT2D eigenvalue weighted by molar-refractivity contribution is 5.08. The Morgan fingerprint density at radius 3 is 2.75 bits per heavy atom. The third kappa shape index (κ3) is 2.03. The predicted molar refractivity (Wildman–Crippen MR) is 49.4 cm³/mol. The van der Waals surface area contributed by atoms with Gasteiger partial charge in [-0.05, 0) is 24.6 Å². The summed E-state index contributed by atoms with van der Waals surface area (Å²) in [7, 11) is 0. The number of pyridine rings is 1. The largest absolute Gasteiger partial charge is 0.330 e. The van der Waals surface area contributed by atoms with Gasteiger partial charge in [-0.2, -0.15) is 0 Å². The molecule has 0 bridgehead atoms. The van der Waals surface area contributed by atoms with Crippen molar-refractivity contribution in [3.05, 3.63) is 30.1 Å². The summed E-state index contributed by atoms with van der Waals surface area (Å²) < 4.78 is 0. The van der Waals surface area contributed by atoms with E-state index in [9.17, 15) is 0 Å². The van der Waals surface area contributed by atoms with E-state index in [-0.39, 0.29) is 12.0 Å².